The van der Waals surface area contributed by atoms with Crippen molar-refractivity contribution >= 4 is 15.9 Å². The molecule has 9 heteroatoms. The summed E-state index contributed by atoms with van der Waals surface area (Å²) >= 11 is 2.43. The van der Waals surface area contributed by atoms with Crippen LogP contribution in [0.3, 0.4) is 0 Å². The predicted molar refractivity (Wildman–Crippen MR) is 43.5 cm³/mol. The fraction of sp³-hybridized carbons (Fsp3) is 0.286. The summed E-state index contributed by atoms with van der Waals surface area (Å²) in [6.07, 6.45) is -8.46. The molecule has 90 valence electrons. The Bertz CT molecular complexity index is 393. The summed E-state index contributed by atoms with van der Waals surface area (Å²) in [6, 6.07) is 0.139. The summed E-state index contributed by atoms with van der Waals surface area (Å²) in [5.74, 6) is -2.68. The van der Waals surface area contributed by atoms with Crippen molar-refractivity contribution in [2.45, 2.75) is 12.8 Å². The largest absolute Gasteiger partial charge is 0.573 e. The fourth-order valence-electron chi connectivity index (χ4n) is 0.881. The highest BCUT2D eigenvalue weighted by atomic mass is 79.9. The number of nitrogens with zero attached hydrogens (tertiary/aromatic N) is 1. The summed E-state index contributed by atoms with van der Waals surface area (Å²) < 4.78 is 75.3. The third kappa shape index (κ3) is 3.26. The number of alkyl halides is 5. The molecule has 1 aromatic rings. The van der Waals surface area contributed by atoms with Crippen LogP contribution in [0.15, 0.2) is 10.7 Å². The van der Waals surface area contributed by atoms with Gasteiger partial charge in [-0.3, -0.25) is 0 Å². The number of halogens is 7. The normalized spacial score (nSPS) is 12.0. The van der Waals surface area contributed by atoms with Crippen LogP contribution >= 0.6 is 15.9 Å². The van der Waals surface area contributed by atoms with Crippen molar-refractivity contribution in [3.8, 4) is 5.75 Å². The second kappa shape index (κ2) is 4.48. The van der Waals surface area contributed by atoms with Crippen LogP contribution in [0.2, 0.25) is 0 Å². The number of pyridine rings is 1. The standard InChI is InChI=1S/C7H2BrF6NO/c8-5-4(6(10)11)2(1-3(9)15-5)16-7(12,13)14/h1,6H. The van der Waals surface area contributed by atoms with E-state index >= 15 is 0 Å². The van der Waals surface area contributed by atoms with Crippen molar-refractivity contribution in [3.63, 3.8) is 0 Å². The van der Waals surface area contributed by atoms with Gasteiger partial charge in [-0.2, -0.15) is 4.39 Å². The highest BCUT2D eigenvalue weighted by Crippen LogP contribution is 2.37. The monoisotopic (exact) mass is 309 g/mol. The molecular weight excluding hydrogens is 308 g/mol. The summed E-state index contributed by atoms with van der Waals surface area (Å²) in [4.78, 5) is 2.91. The van der Waals surface area contributed by atoms with Gasteiger partial charge in [-0.15, -0.1) is 13.2 Å². The van der Waals surface area contributed by atoms with Gasteiger partial charge in [-0.05, 0) is 15.9 Å². The topological polar surface area (TPSA) is 22.1 Å². The zero-order chi connectivity index (χ0) is 12.5. The molecule has 16 heavy (non-hydrogen) atoms. The average molecular weight is 310 g/mol. The highest BCUT2D eigenvalue weighted by Gasteiger charge is 2.34. The molecule has 2 nitrogen and oxygen atoms in total. The second-order valence-corrected chi connectivity index (χ2v) is 3.25. The van der Waals surface area contributed by atoms with Crippen LogP contribution in [0.1, 0.15) is 12.0 Å². The van der Waals surface area contributed by atoms with E-state index in [0.717, 1.165) is 0 Å². The zero-order valence-electron chi connectivity index (χ0n) is 7.16. The molecule has 1 rings (SSSR count). The van der Waals surface area contributed by atoms with Crippen molar-refractivity contribution in [2.24, 2.45) is 0 Å². The minimum Gasteiger partial charge on any atom is -0.405 e. The maximum atomic E-state index is 12.6. The van der Waals surface area contributed by atoms with Gasteiger partial charge in [-0.25, -0.2) is 13.8 Å². The average Bonchev–Trinajstić information content (AvgIpc) is 1.96. The van der Waals surface area contributed by atoms with Crippen molar-refractivity contribution in [1.82, 2.24) is 4.98 Å². The third-order valence-corrected chi connectivity index (χ3v) is 1.99. The van der Waals surface area contributed by atoms with Crippen LogP contribution in [0.25, 0.3) is 0 Å². The molecule has 0 amide bonds. The van der Waals surface area contributed by atoms with E-state index in [1.54, 1.807) is 0 Å². The lowest BCUT2D eigenvalue weighted by atomic mass is 10.2. The number of ether oxygens (including phenoxy) is 1. The number of hydrogen-bond donors (Lipinski definition) is 0. The van der Waals surface area contributed by atoms with Crippen LogP contribution in [0.5, 0.6) is 5.75 Å². The first-order valence-corrected chi connectivity index (χ1v) is 4.40. The van der Waals surface area contributed by atoms with Crippen LogP contribution in [0, 0.1) is 5.95 Å². The summed E-state index contributed by atoms with van der Waals surface area (Å²) in [5.41, 5.74) is -1.15. The maximum absolute atomic E-state index is 12.6. The van der Waals surface area contributed by atoms with E-state index in [4.69, 9.17) is 0 Å². The second-order valence-electron chi connectivity index (χ2n) is 2.50. The molecule has 0 bridgehead atoms. The molecule has 0 radical (unpaired) electrons. The Kier molecular flexibility index (Phi) is 3.66. The Morgan fingerprint density at radius 3 is 2.31 bits per heavy atom. The van der Waals surface area contributed by atoms with E-state index in [9.17, 15) is 26.3 Å². The van der Waals surface area contributed by atoms with Crippen LogP contribution in [-0.2, 0) is 0 Å². The lowest BCUT2D eigenvalue weighted by Crippen LogP contribution is -2.18. The van der Waals surface area contributed by atoms with Crippen LogP contribution in [-0.4, -0.2) is 11.3 Å². The molecule has 0 atom stereocenters. The number of hydrogen-bond acceptors (Lipinski definition) is 2. The van der Waals surface area contributed by atoms with E-state index in [0.29, 0.717) is 0 Å². The molecule has 0 aliphatic carbocycles. The highest BCUT2D eigenvalue weighted by molar-refractivity contribution is 9.10. The molecule has 0 aliphatic heterocycles. The maximum Gasteiger partial charge on any atom is 0.573 e. The van der Waals surface area contributed by atoms with E-state index < -0.39 is 34.7 Å². The SMILES string of the molecule is Fc1cc(OC(F)(F)F)c(C(F)F)c(Br)n1. The van der Waals surface area contributed by atoms with E-state index in [1.165, 1.54) is 0 Å². The van der Waals surface area contributed by atoms with Gasteiger partial charge < -0.3 is 4.74 Å². The minimum atomic E-state index is -5.18. The Hall–Kier alpha value is -0.990. The van der Waals surface area contributed by atoms with E-state index in [1.807, 2.05) is 0 Å². The van der Waals surface area contributed by atoms with Crippen molar-refractivity contribution in [2.75, 3.05) is 0 Å². The Morgan fingerprint density at radius 1 is 1.31 bits per heavy atom. The molecule has 0 aromatic carbocycles. The third-order valence-electron chi connectivity index (χ3n) is 1.39. The summed E-state index contributed by atoms with van der Waals surface area (Å²) in [6.45, 7) is 0. The summed E-state index contributed by atoms with van der Waals surface area (Å²) in [5, 5.41) is 0. The van der Waals surface area contributed by atoms with Gasteiger partial charge in [0.05, 0.1) is 5.56 Å². The molecule has 0 saturated heterocycles. The first kappa shape index (κ1) is 13.1. The van der Waals surface area contributed by atoms with E-state index in [2.05, 4.69) is 25.7 Å². The molecule has 0 spiro atoms. The molecule has 0 unspecified atom stereocenters. The summed E-state index contributed by atoms with van der Waals surface area (Å²) in [7, 11) is 0. The molecule has 0 N–H and O–H groups in total. The molecule has 0 saturated carbocycles. The zero-order valence-corrected chi connectivity index (χ0v) is 8.74. The Balaban J connectivity index is 3.24. The van der Waals surface area contributed by atoms with Gasteiger partial charge in [0.15, 0.2) is 0 Å². The van der Waals surface area contributed by atoms with Gasteiger partial charge in [0.2, 0.25) is 5.95 Å². The van der Waals surface area contributed by atoms with E-state index in [-0.39, 0.29) is 6.07 Å². The molecule has 0 fully saturated rings. The Labute approximate surface area is 93.4 Å². The van der Waals surface area contributed by atoms with Crippen LogP contribution in [0.4, 0.5) is 26.3 Å². The minimum absolute atomic E-state index is 0.139. The van der Waals surface area contributed by atoms with Gasteiger partial charge in [-0.1, -0.05) is 0 Å². The van der Waals surface area contributed by atoms with Crippen molar-refractivity contribution in [1.29, 1.82) is 0 Å². The molecule has 1 aromatic heterocycles. The van der Waals surface area contributed by atoms with Crippen molar-refractivity contribution < 1.29 is 31.1 Å². The number of aromatic nitrogens is 1. The lowest BCUT2D eigenvalue weighted by molar-refractivity contribution is -0.275. The fourth-order valence-corrected chi connectivity index (χ4v) is 1.42. The van der Waals surface area contributed by atoms with Crippen molar-refractivity contribution in [3.05, 3.63) is 22.2 Å². The van der Waals surface area contributed by atoms with Gasteiger partial charge in [0.25, 0.3) is 6.43 Å². The quantitative estimate of drug-likeness (QED) is 0.612. The molecule has 0 aliphatic rings. The molecular formula is C7H2BrF6NO. The lowest BCUT2D eigenvalue weighted by Gasteiger charge is -2.13. The van der Waals surface area contributed by atoms with Gasteiger partial charge in [0, 0.05) is 6.07 Å². The predicted octanol–water partition coefficient (Wildman–Crippen LogP) is 3.82. The number of rotatable bonds is 2. The smallest absolute Gasteiger partial charge is 0.405 e. The first-order chi connectivity index (χ1) is 7.20. The van der Waals surface area contributed by atoms with Gasteiger partial charge >= 0.3 is 6.36 Å². The Morgan fingerprint density at radius 2 is 1.88 bits per heavy atom. The van der Waals surface area contributed by atoms with Crippen LogP contribution < -0.4 is 4.74 Å². The van der Waals surface area contributed by atoms with Gasteiger partial charge in [0.1, 0.15) is 10.4 Å². The first-order valence-electron chi connectivity index (χ1n) is 3.60. The molecule has 1 heterocycles.